The highest BCUT2D eigenvalue weighted by molar-refractivity contribution is 5.96. The second-order valence-electron chi connectivity index (χ2n) is 5.86. The van der Waals surface area contributed by atoms with Crippen molar-refractivity contribution in [1.29, 1.82) is 0 Å². The van der Waals surface area contributed by atoms with Gasteiger partial charge in [-0.15, -0.1) is 0 Å². The normalized spacial score (nSPS) is 14.2. The van der Waals surface area contributed by atoms with E-state index in [1.54, 1.807) is 0 Å². The van der Waals surface area contributed by atoms with Crippen molar-refractivity contribution in [3.8, 4) is 0 Å². The van der Waals surface area contributed by atoms with Crippen LogP contribution in [0.5, 0.6) is 0 Å². The summed E-state index contributed by atoms with van der Waals surface area (Å²) in [6.45, 7) is 4.80. The van der Waals surface area contributed by atoms with Crippen LogP contribution in [0.15, 0.2) is 36.4 Å². The molecule has 3 nitrogen and oxygen atoms in total. The van der Waals surface area contributed by atoms with Gasteiger partial charge in [-0.3, -0.25) is 4.79 Å². The highest BCUT2D eigenvalue weighted by Crippen LogP contribution is 2.31. The first-order valence-corrected chi connectivity index (χ1v) is 7.29. The van der Waals surface area contributed by atoms with Gasteiger partial charge in [0.2, 0.25) is 5.91 Å². The third kappa shape index (κ3) is 2.77. The lowest BCUT2D eigenvalue weighted by molar-refractivity contribution is -0.119. The van der Waals surface area contributed by atoms with Crippen LogP contribution >= 0.6 is 0 Å². The van der Waals surface area contributed by atoms with E-state index in [0.29, 0.717) is 13.0 Å². The van der Waals surface area contributed by atoms with Gasteiger partial charge in [0, 0.05) is 17.8 Å². The van der Waals surface area contributed by atoms with Gasteiger partial charge in [-0.05, 0) is 49.6 Å². The van der Waals surface area contributed by atoms with Crippen LogP contribution in [-0.4, -0.2) is 5.91 Å². The maximum absolute atomic E-state index is 12.3. The topological polar surface area (TPSA) is 46.3 Å². The number of amides is 1. The Morgan fingerprint density at radius 3 is 2.48 bits per heavy atom. The molecule has 2 aromatic rings. The molecule has 1 aliphatic rings. The molecule has 0 saturated carbocycles. The first kappa shape index (κ1) is 13.7. The summed E-state index contributed by atoms with van der Waals surface area (Å²) in [6.07, 6.45) is 1.34. The fourth-order valence-corrected chi connectivity index (χ4v) is 3.10. The molecule has 21 heavy (non-hydrogen) atoms. The number of aryl methyl sites for hydroxylation is 3. The minimum atomic E-state index is 0.187. The molecule has 1 amide bonds. The summed E-state index contributed by atoms with van der Waals surface area (Å²) in [5.41, 5.74) is 12.4. The summed E-state index contributed by atoms with van der Waals surface area (Å²) >= 11 is 0. The number of rotatable bonds is 2. The quantitative estimate of drug-likeness (QED) is 0.857. The van der Waals surface area contributed by atoms with Gasteiger partial charge in [0.15, 0.2) is 0 Å². The molecule has 3 rings (SSSR count). The molecule has 1 heterocycles. The van der Waals surface area contributed by atoms with E-state index >= 15 is 0 Å². The number of nitrogens with zero attached hydrogens (tertiary/aromatic N) is 1. The molecule has 2 aromatic carbocycles. The van der Waals surface area contributed by atoms with Crippen molar-refractivity contribution in [1.82, 2.24) is 0 Å². The van der Waals surface area contributed by atoms with E-state index in [2.05, 4.69) is 32.0 Å². The molecule has 0 aliphatic carbocycles. The number of carbonyl (C=O) groups is 1. The van der Waals surface area contributed by atoms with Gasteiger partial charge >= 0.3 is 0 Å². The predicted molar refractivity (Wildman–Crippen MR) is 86.3 cm³/mol. The molecule has 0 radical (unpaired) electrons. The summed E-state index contributed by atoms with van der Waals surface area (Å²) in [5, 5.41) is 0. The van der Waals surface area contributed by atoms with Crippen molar-refractivity contribution in [2.24, 2.45) is 0 Å². The molecule has 1 aliphatic heterocycles. The first-order chi connectivity index (χ1) is 10.0. The molecule has 0 saturated heterocycles. The Hall–Kier alpha value is -2.29. The third-order valence-corrected chi connectivity index (χ3v) is 3.93. The Kier molecular flexibility index (Phi) is 3.42. The maximum Gasteiger partial charge on any atom is 0.227 e. The number of fused-ring (bicyclic) bond motifs is 1. The fourth-order valence-electron chi connectivity index (χ4n) is 3.10. The van der Waals surface area contributed by atoms with Crippen molar-refractivity contribution in [3.05, 3.63) is 58.7 Å². The summed E-state index contributed by atoms with van der Waals surface area (Å²) in [4.78, 5) is 14.2. The zero-order valence-electron chi connectivity index (χ0n) is 12.5. The number of hydrogen-bond acceptors (Lipinski definition) is 2. The number of anilines is 2. The lowest BCUT2D eigenvalue weighted by atomic mass is 9.99. The van der Waals surface area contributed by atoms with E-state index < -0.39 is 0 Å². The number of hydrogen-bond donors (Lipinski definition) is 1. The van der Waals surface area contributed by atoms with Gasteiger partial charge in [0.1, 0.15) is 0 Å². The van der Waals surface area contributed by atoms with Crippen LogP contribution < -0.4 is 10.6 Å². The van der Waals surface area contributed by atoms with Crippen molar-refractivity contribution in [2.45, 2.75) is 33.2 Å². The molecule has 0 aromatic heterocycles. The number of nitrogen functional groups attached to an aromatic ring is 1. The molecule has 3 heteroatoms. The lowest BCUT2D eigenvalue weighted by Gasteiger charge is -2.30. The van der Waals surface area contributed by atoms with Gasteiger partial charge in [0.25, 0.3) is 0 Å². The van der Waals surface area contributed by atoms with E-state index in [0.717, 1.165) is 17.8 Å². The third-order valence-electron chi connectivity index (χ3n) is 3.93. The van der Waals surface area contributed by atoms with Crippen LogP contribution in [0.4, 0.5) is 11.4 Å². The minimum Gasteiger partial charge on any atom is -0.399 e. The number of benzene rings is 2. The SMILES string of the molecule is Cc1cc(C)cc(CN2C(=O)CCc3cc(N)ccc32)c1. The summed E-state index contributed by atoms with van der Waals surface area (Å²) in [6, 6.07) is 12.3. The van der Waals surface area contributed by atoms with E-state index in [9.17, 15) is 4.79 Å². The zero-order chi connectivity index (χ0) is 15.0. The van der Waals surface area contributed by atoms with Crippen molar-refractivity contribution in [2.75, 3.05) is 10.6 Å². The zero-order valence-corrected chi connectivity index (χ0v) is 12.5. The summed E-state index contributed by atoms with van der Waals surface area (Å²) in [7, 11) is 0. The van der Waals surface area contributed by atoms with E-state index in [1.807, 2.05) is 23.1 Å². The molecule has 0 atom stereocenters. The fraction of sp³-hybridized carbons (Fsp3) is 0.278. The molecule has 108 valence electrons. The van der Waals surface area contributed by atoms with Crippen LogP contribution in [-0.2, 0) is 17.8 Å². The van der Waals surface area contributed by atoms with Crippen LogP contribution in [0.25, 0.3) is 0 Å². The second-order valence-corrected chi connectivity index (χ2v) is 5.86. The predicted octanol–water partition coefficient (Wildman–Crippen LogP) is 3.37. The van der Waals surface area contributed by atoms with E-state index in [-0.39, 0.29) is 5.91 Å². The summed E-state index contributed by atoms with van der Waals surface area (Å²) in [5.74, 6) is 0.187. The van der Waals surface area contributed by atoms with Crippen molar-refractivity contribution in [3.63, 3.8) is 0 Å². The largest absolute Gasteiger partial charge is 0.399 e. The second kappa shape index (κ2) is 5.24. The monoisotopic (exact) mass is 280 g/mol. The highest BCUT2D eigenvalue weighted by Gasteiger charge is 2.24. The molecule has 0 unspecified atom stereocenters. The number of nitrogens with two attached hydrogens (primary N) is 1. The van der Waals surface area contributed by atoms with Crippen LogP contribution in [0.3, 0.4) is 0 Å². The lowest BCUT2D eigenvalue weighted by Crippen LogP contribution is -2.34. The molecule has 0 bridgehead atoms. The summed E-state index contributed by atoms with van der Waals surface area (Å²) < 4.78 is 0. The molecule has 2 N–H and O–H groups in total. The van der Waals surface area contributed by atoms with Crippen LogP contribution in [0, 0.1) is 13.8 Å². The average molecular weight is 280 g/mol. The Bertz CT molecular complexity index is 686. The standard InChI is InChI=1S/C18H20N2O/c1-12-7-13(2)9-14(8-12)11-20-17-5-4-16(19)10-15(17)3-6-18(20)21/h4-5,7-10H,3,6,11,19H2,1-2H3. The highest BCUT2D eigenvalue weighted by atomic mass is 16.2. The Morgan fingerprint density at radius 1 is 1.05 bits per heavy atom. The van der Waals surface area contributed by atoms with Gasteiger partial charge in [-0.25, -0.2) is 0 Å². The van der Waals surface area contributed by atoms with Gasteiger partial charge in [-0.2, -0.15) is 0 Å². The van der Waals surface area contributed by atoms with E-state index in [4.69, 9.17) is 5.73 Å². The molecular weight excluding hydrogens is 260 g/mol. The molecule has 0 fully saturated rings. The van der Waals surface area contributed by atoms with Gasteiger partial charge in [-0.1, -0.05) is 29.3 Å². The Labute approximate surface area is 125 Å². The molecule has 0 spiro atoms. The van der Waals surface area contributed by atoms with E-state index in [1.165, 1.54) is 22.3 Å². The molecular formula is C18H20N2O. The smallest absolute Gasteiger partial charge is 0.227 e. The number of carbonyl (C=O) groups excluding carboxylic acids is 1. The maximum atomic E-state index is 12.3. The first-order valence-electron chi connectivity index (χ1n) is 7.29. The van der Waals surface area contributed by atoms with Crippen molar-refractivity contribution < 1.29 is 4.79 Å². The van der Waals surface area contributed by atoms with Gasteiger partial charge in [0.05, 0.1) is 6.54 Å². The Morgan fingerprint density at radius 2 is 1.76 bits per heavy atom. The Balaban J connectivity index is 1.96. The minimum absolute atomic E-state index is 0.187. The average Bonchev–Trinajstić information content (AvgIpc) is 2.41. The van der Waals surface area contributed by atoms with Crippen LogP contribution in [0.1, 0.15) is 28.7 Å². The van der Waals surface area contributed by atoms with Crippen molar-refractivity contribution >= 4 is 17.3 Å². The van der Waals surface area contributed by atoms with Gasteiger partial charge < -0.3 is 10.6 Å². The van der Waals surface area contributed by atoms with Crippen LogP contribution in [0.2, 0.25) is 0 Å².